The van der Waals surface area contributed by atoms with Gasteiger partial charge < -0.3 is 15.5 Å². The Bertz CT molecular complexity index is 982. The van der Waals surface area contributed by atoms with Gasteiger partial charge in [-0.1, -0.05) is 39.0 Å². The van der Waals surface area contributed by atoms with Gasteiger partial charge in [-0.2, -0.15) is 0 Å². The van der Waals surface area contributed by atoms with Crippen LogP contribution in [-0.2, 0) is 4.79 Å². The highest BCUT2D eigenvalue weighted by Crippen LogP contribution is 2.30. The van der Waals surface area contributed by atoms with E-state index in [-0.39, 0.29) is 23.8 Å². The van der Waals surface area contributed by atoms with Crippen molar-refractivity contribution in [3.05, 3.63) is 51.9 Å². The van der Waals surface area contributed by atoms with E-state index in [0.717, 1.165) is 24.0 Å². The van der Waals surface area contributed by atoms with Crippen molar-refractivity contribution in [3.8, 4) is 0 Å². The van der Waals surface area contributed by atoms with Crippen molar-refractivity contribution < 1.29 is 14.4 Å². The van der Waals surface area contributed by atoms with Crippen molar-refractivity contribution in [1.82, 2.24) is 10.2 Å². The van der Waals surface area contributed by atoms with Gasteiger partial charge in [0.2, 0.25) is 5.91 Å². The van der Waals surface area contributed by atoms with Gasteiger partial charge in [-0.25, -0.2) is 0 Å². The number of piperidine rings is 1. The number of anilines is 1. The highest BCUT2D eigenvalue weighted by atomic mass is 32.1. The number of hydrogen-bond donors (Lipinski definition) is 2. The lowest BCUT2D eigenvalue weighted by Crippen LogP contribution is -2.46. The molecule has 0 atom stereocenters. The van der Waals surface area contributed by atoms with Crippen molar-refractivity contribution in [1.29, 1.82) is 0 Å². The van der Waals surface area contributed by atoms with Crippen LogP contribution in [0.2, 0.25) is 0 Å². The summed E-state index contributed by atoms with van der Waals surface area (Å²) in [6.45, 7) is 10.6. The van der Waals surface area contributed by atoms with E-state index in [0.29, 0.717) is 28.5 Å². The van der Waals surface area contributed by atoms with Gasteiger partial charge in [0.15, 0.2) is 0 Å². The maximum atomic E-state index is 13.0. The molecule has 0 spiro atoms. The van der Waals surface area contributed by atoms with Gasteiger partial charge in [0.1, 0.15) is 0 Å². The second-order valence-electron chi connectivity index (χ2n) is 9.18. The zero-order valence-corrected chi connectivity index (χ0v) is 19.7. The first-order valence-electron chi connectivity index (χ1n) is 10.6. The standard InChI is InChI=1S/C24H31N3O3S/c1-15-8-6-7-9-18(15)21(28)25-17-10-12-27(13-11-17)22(29)20-16(2)14-19(31-20)26-23(30)24(3,4)5/h6-9,14,17H,10-13H2,1-5H3,(H,25,28)(H,26,30). The molecule has 1 aliphatic heterocycles. The van der Waals surface area contributed by atoms with Crippen molar-refractivity contribution in [2.24, 2.45) is 5.41 Å². The molecular weight excluding hydrogens is 410 g/mol. The first-order valence-corrected chi connectivity index (χ1v) is 11.5. The van der Waals surface area contributed by atoms with Crippen molar-refractivity contribution in [2.45, 2.75) is 53.5 Å². The van der Waals surface area contributed by atoms with E-state index in [4.69, 9.17) is 0 Å². The molecule has 166 valence electrons. The fraction of sp³-hybridized carbons (Fsp3) is 0.458. The van der Waals surface area contributed by atoms with E-state index in [1.54, 1.807) is 0 Å². The Morgan fingerprint density at radius 3 is 2.29 bits per heavy atom. The van der Waals surface area contributed by atoms with Crippen LogP contribution in [0.3, 0.4) is 0 Å². The Morgan fingerprint density at radius 2 is 1.68 bits per heavy atom. The minimum atomic E-state index is -0.493. The normalized spacial score (nSPS) is 14.9. The summed E-state index contributed by atoms with van der Waals surface area (Å²) < 4.78 is 0. The zero-order valence-electron chi connectivity index (χ0n) is 18.9. The molecule has 1 aromatic carbocycles. The lowest BCUT2D eigenvalue weighted by Gasteiger charge is -2.32. The molecule has 1 aliphatic rings. The highest BCUT2D eigenvalue weighted by Gasteiger charge is 2.28. The number of benzene rings is 1. The van der Waals surface area contributed by atoms with Gasteiger partial charge in [-0.3, -0.25) is 14.4 Å². The molecule has 0 aliphatic carbocycles. The first kappa shape index (κ1) is 23.0. The molecule has 31 heavy (non-hydrogen) atoms. The second-order valence-corrected chi connectivity index (χ2v) is 10.2. The van der Waals surface area contributed by atoms with Crippen molar-refractivity contribution in [2.75, 3.05) is 18.4 Å². The summed E-state index contributed by atoms with van der Waals surface area (Å²) in [5.41, 5.74) is 2.02. The molecular formula is C24H31N3O3S. The summed E-state index contributed by atoms with van der Waals surface area (Å²) >= 11 is 1.32. The summed E-state index contributed by atoms with van der Waals surface area (Å²) in [5, 5.41) is 6.71. The Hall–Kier alpha value is -2.67. The predicted molar refractivity (Wildman–Crippen MR) is 125 cm³/mol. The van der Waals surface area contributed by atoms with Crippen molar-refractivity contribution >= 4 is 34.1 Å². The van der Waals surface area contributed by atoms with E-state index in [1.165, 1.54) is 11.3 Å². The number of amides is 3. The van der Waals surface area contributed by atoms with Gasteiger partial charge in [0.05, 0.1) is 9.88 Å². The lowest BCUT2D eigenvalue weighted by atomic mass is 9.96. The van der Waals surface area contributed by atoms with Crippen LogP contribution < -0.4 is 10.6 Å². The maximum Gasteiger partial charge on any atom is 0.264 e. The molecule has 7 heteroatoms. The second kappa shape index (κ2) is 9.22. The topological polar surface area (TPSA) is 78.5 Å². The molecule has 0 bridgehead atoms. The number of nitrogens with zero attached hydrogens (tertiary/aromatic N) is 1. The summed E-state index contributed by atoms with van der Waals surface area (Å²) in [6.07, 6.45) is 1.45. The fourth-order valence-corrected chi connectivity index (χ4v) is 4.55. The Morgan fingerprint density at radius 1 is 1.03 bits per heavy atom. The molecule has 1 aromatic heterocycles. The van der Waals surface area contributed by atoms with E-state index >= 15 is 0 Å². The summed E-state index contributed by atoms with van der Waals surface area (Å²) in [4.78, 5) is 40.3. The highest BCUT2D eigenvalue weighted by molar-refractivity contribution is 7.18. The van der Waals surface area contributed by atoms with Gasteiger partial charge >= 0.3 is 0 Å². The first-order chi connectivity index (χ1) is 14.6. The van der Waals surface area contributed by atoms with Crippen molar-refractivity contribution in [3.63, 3.8) is 0 Å². The largest absolute Gasteiger partial charge is 0.349 e. The molecule has 2 N–H and O–H groups in total. The number of likely N-dealkylation sites (tertiary alicyclic amines) is 1. The zero-order chi connectivity index (χ0) is 22.8. The molecule has 0 saturated carbocycles. The number of rotatable bonds is 4. The monoisotopic (exact) mass is 441 g/mol. The third kappa shape index (κ3) is 5.53. The summed E-state index contributed by atoms with van der Waals surface area (Å²) in [5.74, 6) is -0.142. The number of carbonyl (C=O) groups is 3. The predicted octanol–water partition coefficient (Wildman–Crippen LogP) is 4.38. The molecule has 1 saturated heterocycles. The van der Waals surface area contributed by atoms with Crippen LogP contribution in [-0.4, -0.2) is 41.8 Å². The van der Waals surface area contributed by atoms with Crippen LogP contribution in [0.4, 0.5) is 5.00 Å². The smallest absolute Gasteiger partial charge is 0.264 e. The Balaban J connectivity index is 1.57. The van der Waals surface area contributed by atoms with Gasteiger partial charge in [-0.15, -0.1) is 11.3 Å². The third-order valence-corrected chi connectivity index (χ3v) is 6.68. The van der Waals surface area contributed by atoms with E-state index in [2.05, 4.69) is 10.6 Å². The number of hydrogen-bond acceptors (Lipinski definition) is 4. The quantitative estimate of drug-likeness (QED) is 0.739. The number of carbonyl (C=O) groups excluding carboxylic acids is 3. The molecule has 0 unspecified atom stereocenters. The molecule has 0 radical (unpaired) electrons. The number of thiophene rings is 1. The molecule has 1 fully saturated rings. The van der Waals surface area contributed by atoms with Crippen LogP contribution in [0.5, 0.6) is 0 Å². The summed E-state index contributed by atoms with van der Waals surface area (Å²) in [7, 11) is 0. The lowest BCUT2D eigenvalue weighted by molar-refractivity contribution is -0.123. The molecule has 2 aromatic rings. The third-order valence-electron chi connectivity index (χ3n) is 5.54. The van der Waals surface area contributed by atoms with Crippen LogP contribution in [0.15, 0.2) is 30.3 Å². The average molecular weight is 442 g/mol. The van der Waals surface area contributed by atoms with E-state index in [9.17, 15) is 14.4 Å². The van der Waals surface area contributed by atoms with Crippen LogP contribution in [0.1, 0.15) is 64.8 Å². The maximum absolute atomic E-state index is 13.0. The number of nitrogens with one attached hydrogen (secondary N) is 2. The van der Waals surface area contributed by atoms with E-state index in [1.807, 2.05) is 69.9 Å². The average Bonchev–Trinajstić information content (AvgIpc) is 3.07. The Labute approximate surface area is 188 Å². The molecule has 3 amide bonds. The summed E-state index contributed by atoms with van der Waals surface area (Å²) in [6, 6.07) is 9.46. The minimum Gasteiger partial charge on any atom is -0.349 e. The van der Waals surface area contributed by atoms with Gasteiger partial charge in [-0.05, 0) is 49.9 Å². The van der Waals surface area contributed by atoms with Crippen LogP contribution >= 0.6 is 11.3 Å². The van der Waals surface area contributed by atoms with Gasteiger partial charge in [0.25, 0.3) is 11.8 Å². The SMILES string of the molecule is Cc1ccccc1C(=O)NC1CCN(C(=O)c2sc(NC(=O)C(C)(C)C)cc2C)CC1. The molecule has 6 nitrogen and oxygen atoms in total. The minimum absolute atomic E-state index is 0.0116. The van der Waals surface area contributed by atoms with Crippen LogP contribution in [0, 0.1) is 19.3 Å². The number of aryl methyl sites for hydroxylation is 2. The van der Waals surface area contributed by atoms with Gasteiger partial charge in [0, 0.05) is 30.1 Å². The Kier molecular flexibility index (Phi) is 6.84. The molecule has 3 rings (SSSR count). The van der Waals surface area contributed by atoms with Crippen LogP contribution in [0.25, 0.3) is 0 Å². The fourth-order valence-electron chi connectivity index (χ4n) is 3.52. The van der Waals surface area contributed by atoms with E-state index < -0.39 is 5.41 Å². The molecule has 2 heterocycles.